The highest BCUT2D eigenvalue weighted by Gasteiger charge is 2.19. The Bertz CT molecular complexity index is 444. The molecule has 1 heterocycles. The Balaban J connectivity index is 3.44. The van der Waals surface area contributed by atoms with Crippen molar-refractivity contribution in [3.63, 3.8) is 0 Å². The molecule has 15 heavy (non-hydrogen) atoms. The Kier molecular flexibility index (Phi) is 3.57. The third-order valence-electron chi connectivity index (χ3n) is 1.75. The van der Waals surface area contributed by atoms with E-state index < -0.39 is 29.2 Å². The fourth-order valence-electron chi connectivity index (χ4n) is 1.09. The summed E-state index contributed by atoms with van der Waals surface area (Å²) >= 11 is 2.92. The predicted molar refractivity (Wildman–Crippen MR) is 51.6 cm³/mol. The van der Waals surface area contributed by atoms with Crippen molar-refractivity contribution < 1.29 is 18.7 Å². The molecular formula is C8H6BrF2NO3. The first-order valence-corrected chi connectivity index (χ1v) is 4.93. The normalized spacial score (nSPS) is 10.7. The molecule has 7 heteroatoms. The number of aromatic amines is 1. The van der Waals surface area contributed by atoms with E-state index >= 15 is 0 Å². The number of aromatic carboxylic acids is 1. The van der Waals surface area contributed by atoms with Crippen LogP contribution in [0.3, 0.4) is 0 Å². The first kappa shape index (κ1) is 11.8. The molecule has 1 rings (SSSR count). The molecule has 1 aromatic rings. The fraction of sp³-hybridized carbons (Fsp3) is 0.250. The molecule has 0 amide bonds. The molecule has 0 aliphatic carbocycles. The van der Waals surface area contributed by atoms with E-state index in [-0.39, 0.29) is 10.9 Å². The quantitative estimate of drug-likeness (QED) is 0.832. The third kappa shape index (κ3) is 2.41. The second-order valence-electron chi connectivity index (χ2n) is 2.69. The van der Waals surface area contributed by atoms with E-state index in [2.05, 4.69) is 15.9 Å². The van der Waals surface area contributed by atoms with Crippen LogP contribution in [0.5, 0.6) is 0 Å². The van der Waals surface area contributed by atoms with Gasteiger partial charge in [0.1, 0.15) is 5.69 Å². The molecule has 0 radical (unpaired) electrons. The lowest BCUT2D eigenvalue weighted by atomic mass is 10.1. The van der Waals surface area contributed by atoms with Crippen molar-refractivity contribution >= 4 is 21.9 Å². The summed E-state index contributed by atoms with van der Waals surface area (Å²) in [5.74, 6) is -1.37. The largest absolute Gasteiger partial charge is 0.477 e. The number of rotatable bonds is 3. The van der Waals surface area contributed by atoms with Gasteiger partial charge in [-0.2, -0.15) is 0 Å². The number of carboxylic acids is 1. The number of aromatic nitrogens is 1. The maximum atomic E-state index is 12.4. The Morgan fingerprint density at radius 2 is 2.20 bits per heavy atom. The number of hydrogen-bond donors (Lipinski definition) is 2. The molecule has 0 atom stereocenters. The Morgan fingerprint density at radius 1 is 1.60 bits per heavy atom. The van der Waals surface area contributed by atoms with Gasteiger partial charge in [0.2, 0.25) is 0 Å². The first-order chi connectivity index (χ1) is 6.97. The number of H-pyrrole nitrogens is 1. The van der Waals surface area contributed by atoms with Crippen molar-refractivity contribution in [3.8, 4) is 0 Å². The van der Waals surface area contributed by atoms with Crippen molar-refractivity contribution in [1.82, 2.24) is 4.98 Å². The van der Waals surface area contributed by atoms with Crippen molar-refractivity contribution in [1.29, 1.82) is 0 Å². The van der Waals surface area contributed by atoms with Gasteiger partial charge in [0.25, 0.3) is 12.0 Å². The van der Waals surface area contributed by atoms with Crippen molar-refractivity contribution in [2.75, 3.05) is 0 Å². The van der Waals surface area contributed by atoms with Gasteiger partial charge >= 0.3 is 5.97 Å². The van der Waals surface area contributed by atoms with Crippen LogP contribution in [0.4, 0.5) is 8.78 Å². The summed E-state index contributed by atoms with van der Waals surface area (Å²) < 4.78 is 24.8. The molecule has 1 aromatic heterocycles. The number of carbonyl (C=O) groups is 1. The fourth-order valence-corrected chi connectivity index (χ4v) is 1.55. The van der Waals surface area contributed by atoms with Gasteiger partial charge < -0.3 is 10.1 Å². The molecule has 0 unspecified atom stereocenters. The van der Waals surface area contributed by atoms with Gasteiger partial charge in [-0.05, 0) is 11.6 Å². The van der Waals surface area contributed by atoms with Crippen LogP contribution in [0, 0.1) is 0 Å². The van der Waals surface area contributed by atoms with E-state index in [4.69, 9.17) is 5.11 Å². The predicted octanol–water partition coefficient (Wildman–Crippen LogP) is 1.91. The molecule has 2 N–H and O–H groups in total. The van der Waals surface area contributed by atoms with Gasteiger partial charge in [0, 0.05) is 5.33 Å². The summed E-state index contributed by atoms with van der Waals surface area (Å²) in [4.78, 5) is 23.6. The number of halogens is 3. The van der Waals surface area contributed by atoms with Crippen molar-refractivity contribution in [2.24, 2.45) is 0 Å². The average Bonchev–Trinajstić information content (AvgIpc) is 2.15. The Morgan fingerprint density at radius 3 is 2.60 bits per heavy atom. The highest BCUT2D eigenvalue weighted by Crippen LogP contribution is 2.21. The zero-order valence-electron chi connectivity index (χ0n) is 7.26. The number of hydrogen-bond acceptors (Lipinski definition) is 2. The van der Waals surface area contributed by atoms with E-state index in [0.717, 1.165) is 6.07 Å². The van der Waals surface area contributed by atoms with E-state index in [1.165, 1.54) is 0 Å². The molecular weight excluding hydrogens is 276 g/mol. The molecule has 0 saturated heterocycles. The highest BCUT2D eigenvalue weighted by atomic mass is 79.9. The molecule has 82 valence electrons. The van der Waals surface area contributed by atoms with E-state index in [1.54, 1.807) is 0 Å². The van der Waals surface area contributed by atoms with Gasteiger partial charge in [-0.25, -0.2) is 13.6 Å². The molecule has 0 bridgehead atoms. The summed E-state index contributed by atoms with van der Waals surface area (Å²) in [7, 11) is 0. The van der Waals surface area contributed by atoms with Gasteiger partial charge in [-0.3, -0.25) is 4.79 Å². The topological polar surface area (TPSA) is 70.2 Å². The second kappa shape index (κ2) is 4.52. The van der Waals surface area contributed by atoms with Gasteiger partial charge in [0.05, 0.1) is 5.56 Å². The third-order valence-corrected chi connectivity index (χ3v) is 2.35. The number of carboxylic acid groups (broad SMARTS) is 1. The smallest absolute Gasteiger partial charge is 0.352 e. The van der Waals surface area contributed by atoms with Gasteiger partial charge in [-0.15, -0.1) is 0 Å². The maximum Gasteiger partial charge on any atom is 0.352 e. The molecule has 0 spiro atoms. The summed E-state index contributed by atoms with van der Waals surface area (Å²) in [5, 5.41) is 8.58. The minimum absolute atomic E-state index is 0.00310. The van der Waals surface area contributed by atoms with Crippen LogP contribution in [0.1, 0.15) is 28.0 Å². The Labute approximate surface area is 91.1 Å². The molecule has 0 aliphatic rings. The number of nitrogens with one attached hydrogen (secondary N) is 1. The lowest BCUT2D eigenvalue weighted by molar-refractivity contribution is 0.0689. The van der Waals surface area contributed by atoms with E-state index in [1.807, 2.05) is 4.98 Å². The van der Waals surface area contributed by atoms with Crippen LogP contribution < -0.4 is 5.56 Å². The summed E-state index contributed by atoms with van der Waals surface area (Å²) in [6.07, 6.45) is -2.93. The maximum absolute atomic E-state index is 12.4. The van der Waals surface area contributed by atoms with Crippen LogP contribution in [0.25, 0.3) is 0 Å². The summed E-state index contributed by atoms with van der Waals surface area (Å²) in [6.45, 7) is 0. The highest BCUT2D eigenvalue weighted by molar-refractivity contribution is 9.08. The lowest BCUT2D eigenvalue weighted by Gasteiger charge is -2.05. The van der Waals surface area contributed by atoms with Crippen molar-refractivity contribution in [2.45, 2.75) is 11.8 Å². The number of alkyl halides is 3. The van der Waals surface area contributed by atoms with Crippen LogP contribution in [-0.4, -0.2) is 16.1 Å². The van der Waals surface area contributed by atoms with Crippen LogP contribution in [0.15, 0.2) is 10.9 Å². The minimum atomic E-state index is -2.93. The zero-order valence-corrected chi connectivity index (χ0v) is 8.85. The van der Waals surface area contributed by atoms with E-state index in [9.17, 15) is 18.4 Å². The molecule has 0 fully saturated rings. The lowest BCUT2D eigenvalue weighted by Crippen LogP contribution is -2.19. The minimum Gasteiger partial charge on any atom is -0.477 e. The van der Waals surface area contributed by atoms with Gasteiger partial charge in [0.15, 0.2) is 0 Å². The summed E-state index contributed by atoms with van der Waals surface area (Å²) in [5.41, 5.74) is -2.19. The number of pyridine rings is 1. The molecule has 4 nitrogen and oxygen atoms in total. The SMILES string of the molecule is O=C(O)c1cc(CBr)c(C(F)F)c(=O)[nH]1. The monoisotopic (exact) mass is 281 g/mol. The molecule has 0 aliphatic heterocycles. The van der Waals surface area contributed by atoms with Gasteiger partial charge in [-0.1, -0.05) is 15.9 Å². The van der Waals surface area contributed by atoms with Crippen LogP contribution in [0.2, 0.25) is 0 Å². The molecule has 0 saturated carbocycles. The van der Waals surface area contributed by atoms with Crippen molar-refractivity contribution in [3.05, 3.63) is 33.2 Å². The average molecular weight is 282 g/mol. The standard InChI is InChI=1S/C8H6BrF2NO3/c9-2-3-1-4(8(14)15)12-7(13)5(3)6(10)11/h1,6H,2H2,(H,12,13)(H,14,15). The Hall–Kier alpha value is -1.24. The van der Waals surface area contributed by atoms with E-state index in [0.29, 0.717) is 0 Å². The van der Waals surface area contributed by atoms with Crippen LogP contribution in [-0.2, 0) is 5.33 Å². The summed E-state index contributed by atoms with van der Waals surface area (Å²) in [6, 6.07) is 1.01. The first-order valence-electron chi connectivity index (χ1n) is 3.81. The van der Waals surface area contributed by atoms with Crippen LogP contribution >= 0.6 is 15.9 Å². The molecule has 0 aromatic carbocycles. The zero-order chi connectivity index (χ0) is 11.6. The second-order valence-corrected chi connectivity index (χ2v) is 3.25.